The SMILES string of the molecule is CN1Cc2ccccc2CC1C(=O)N1CCc2[nH]nc(C3CCC3)c2C1. The molecule has 2 aliphatic heterocycles. The number of benzene rings is 1. The maximum Gasteiger partial charge on any atom is 0.240 e. The maximum atomic E-state index is 13.3. The van der Waals surface area contributed by atoms with Crippen LogP contribution in [0, 0.1) is 0 Å². The molecule has 1 amide bonds. The molecule has 1 N–H and O–H groups in total. The number of likely N-dealkylation sites (N-methyl/N-ethyl adjacent to an activating group) is 1. The van der Waals surface area contributed by atoms with Gasteiger partial charge in [0.15, 0.2) is 0 Å². The molecule has 1 unspecified atom stereocenters. The van der Waals surface area contributed by atoms with E-state index in [1.165, 1.54) is 47.3 Å². The number of aromatic amines is 1. The van der Waals surface area contributed by atoms with Gasteiger partial charge in [0, 0.05) is 43.2 Å². The molecule has 5 rings (SSSR count). The number of aromatic nitrogens is 2. The molecule has 5 heteroatoms. The second kappa shape index (κ2) is 6.23. The molecule has 0 bridgehead atoms. The van der Waals surface area contributed by atoms with E-state index in [-0.39, 0.29) is 11.9 Å². The van der Waals surface area contributed by atoms with Gasteiger partial charge in [0.05, 0.1) is 11.7 Å². The summed E-state index contributed by atoms with van der Waals surface area (Å²) >= 11 is 0. The van der Waals surface area contributed by atoms with Crippen molar-refractivity contribution in [3.8, 4) is 0 Å². The predicted octanol–water partition coefficient (Wildman–Crippen LogP) is 2.62. The molecule has 3 aliphatic rings. The topological polar surface area (TPSA) is 52.2 Å². The van der Waals surface area contributed by atoms with Gasteiger partial charge in [-0.15, -0.1) is 0 Å². The lowest BCUT2D eigenvalue weighted by atomic mass is 9.80. The van der Waals surface area contributed by atoms with Gasteiger partial charge in [0.2, 0.25) is 5.91 Å². The van der Waals surface area contributed by atoms with E-state index in [0.29, 0.717) is 5.92 Å². The van der Waals surface area contributed by atoms with Crippen molar-refractivity contribution in [3.05, 3.63) is 52.3 Å². The Balaban J connectivity index is 1.36. The summed E-state index contributed by atoms with van der Waals surface area (Å²) in [7, 11) is 2.07. The van der Waals surface area contributed by atoms with Crippen LogP contribution in [-0.4, -0.2) is 45.5 Å². The summed E-state index contributed by atoms with van der Waals surface area (Å²) < 4.78 is 0. The molecule has 26 heavy (non-hydrogen) atoms. The van der Waals surface area contributed by atoms with Crippen molar-refractivity contribution in [1.29, 1.82) is 0 Å². The number of hydrogen-bond acceptors (Lipinski definition) is 3. The van der Waals surface area contributed by atoms with Crippen molar-refractivity contribution >= 4 is 5.91 Å². The van der Waals surface area contributed by atoms with Crippen molar-refractivity contribution in [2.75, 3.05) is 13.6 Å². The molecule has 3 heterocycles. The Hall–Kier alpha value is -2.14. The maximum absolute atomic E-state index is 13.3. The van der Waals surface area contributed by atoms with E-state index in [2.05, 4.69) is 51.3 Å². The van der Waals surface area contributed by atoms with Gasteiger partial charge < -0.3 is 4.90 Å². The Morgan fingerprint density at radius 3 is 2.77 bits per heavy atom. The smallest absolute Gasteiger partial charge is 0.240 e. The van der Waals surface area contributed by atoms with Crippen LogP contribution in [0.25, 0.3) is 0 Å². The van der Waals surface area contributed by atoms with Crippen LogP contribution < -0.4 is 0 Å². The third kappa shape index (κ3) is 2.57. The molecule has 5 nitrogen and oxygen atoms in total. The van der Waals surface area contributed by atoms with E-state index in [1.54, 1.807) is 0 Å². The Bertz CT molecular complexity index is 838. The van der Waals surface area contributed by atoms with Crippen LogP contribution in [-0.2, 0) is 30.7 Å². The number of fused-ring (bicyclic) bond motifs is 2. The molecular formula is C21H26N4O. The van der Waals surface area contributed by atoms with Gasteiger partial charge >= 0.3 is 0 Å². The lowest BCUT2D eigenvalue weighted by molar-refractivity contribution is -0.138. The Morgan fingerprint density at radius 1 is 1.19 bits per heavy atom. The molecular weight excluding hydrogens is 324 g/mol. The fourth-order valence-corrected chi connectivity index (χ4v) is 4.67. The molecule has 0 spiro atoms. The van der Waals surface area contributed by atoms with E-state index >= 15 is 0 Å². The number of nitrogens with zero attached hydrogens (tertiary/aromatic N) is 3. The van der Waals surface area contributed by atoms with Crippen LogP contribution in [0.5, 0.6) is 0 Å². The van der Waals surface area contributed by atoms with E-state index in [9.17, 15) is 4.79 Å². The third-order valence-corrected chi connectivity index (χ3v) is 6.54. The number of carbonyl (C=O) groups is 1. The Labute approximate surface area is 154 Å². The Kier molecular flexibility index (Phi) is 3.85. The van der Waals surface area contributed by atoms with Crippen molar-refractivity contribution < 1.29 is 4.79 Å². The van der Waals surface area contributed by atoms with Crippen LogP contribution in [0.15, 0.2) is 24.3 Å². The average molecular weight is 350 g/mol. The fraction of sp³-hybridized carbons (Fsp3) is 0.524. The van der Waals surface area contributed by atoms with Crippen LogP contribution in [0.3, 0.4) is 0 Å². The number of amides is 1. The summed E-state index contributed by atoms with van der Waals surface area (Å²) in [5.74, 6) is 0.877. The zero-order chi connectivity index (χ0) is 17.7. The summed E-state index contributed by atoms with van der Waals surface area (Å²) in [6.45, 7) is 2.37. The largest absolute Gasteiger partial charge is 0.336 e. The molecule has 1 atom stereocenters. The van der Waals surface area contributed by atoms with E-state index in [4.69, 9.17) is 0 Å². The van der Waals surface area contributed by atoms with Crippen molar-refractivity contribution in [2.45, 2.75) is 57.2 Å². The lowest BCUT2D eigenvalue weighted by Gasteiger charge is -2.38. The van der Waals surface area contributed by atoms with Crippen molar-refractivity contribution in [1.82, 2.24) is 20.0 Å². The predicted molar refractivity (Wildman–Crippen MR) is 99.7 cm³/mol. The first-order valence-electron chi connectivity index (χ1n) is 9.82. The monoisotopic (exact) mass is 350 g/mol. The second-order valence-electron chi connectivity index (χ2n) is 8.11. The van der Waals surface area contributed by atoms with Crippen LogP contribution >= 0.6 is 0 Å². The third-order valence-electron chi connectivity index (χ3n) is 6.54. The molecule has 1 saturated carbocycles. The fourth-order valence-electron chi connectivity index (χ4n) is 4.67. The van der Waals surface area contributed by atoms with E-state index in [0.717, 1.165) is 32.5 Å². The quantitative estimate of drug-likeness (QED) is 0.906. The van der Waals surface area contributed by atoms with Gasteiger partial charge in [0.25, 0.3) is 0 Å². The molecule has 1 fully saturated rings. The average Bonchev–Trinajstić information content (AvgIpc) is 3.02. The highest BCUT2D eigenvalue weighted by molar-refractivity contribution is 5.83. The summed E-state index contributed by atoms with van der Waals surface area (Å²) in [6, 6.07) is 8.46. The minimum absolute atomic E-state index is 0.0505. The van der Waals surface area contributed by atoms with Gasteiger partial charge in [0.1, 0.15) is 0 Å². The first-order valence-corrected chi connectivity index (χ1v) is 9.82. The molecule has 1 aromatic heterocycles. The summed E-state index contributed by atoms with van der Waals surface area (Å²) in [6.07, 6.45) is 5.51. The molecule has 0 radical (unpaired) electrons. The van der Waals surface area contributed by atoms with Crippen LogP contribution in [0.4, 0.5) is 0 Å². The number of H-pyrrole nitrogens is 1. The zero-order valence-corrected chi connectivity index (χ0v) is 15.4. The normalized spacial score (nSPS) is 23.3. The molecule has 1 aliphatic carbocycles. The molecule has 0 saturated heterocycles. The van der Waals surface area contributed by atoms with Crippen LogP contribution in [0.2, 0.25) is 0 Å². The highest BCUT2D eigenvalue weighted by Crippen LogP contribution is 2.39. The second-order valence-corrected chi connectivity index (χ2v) is 8.11. The molecule has 2 aromatic rings. The lowest BCUT2D eigenvalue weighted by Crippen LogP contribution is -2.51. The minimum Gasteiger partial charge on any atom is -0.336 e. The number of carbonyl (C=O) groups excluding carboxylic acids is 1. The van der Waals surface area contributed by atoms with Crippen molar-refractivity contribution in [2.24, 2.45) is 0 Å². The highest BCUT2D eigenvalue weighted by Gasteiger charge is 2.35. The van der Waals surface area contributed by atoms with Gasteiger partial charge in [-0.2, -0.15) is 5.10 Å². The number of nitrogens with one attached hydrogen (secondary N) is 1. The zero-order valence-electron chi connectivity index (χ0n) is 15.4. The molecule has 1 aromatic carbocycles. The molecule has 136 valence electrons. The van der Waals surface area contributed by atoms with Gasteiger partial charge in [-0.05, 0) is 37.4 Å². The summed E-state index contributed by atoms with van der Waals surface area (Å²) in [5, 5.41) is 7.84. The van der Waals surface area contributed by atoms with Gasteiger partial charge in [-0.3, -0.25) is 14.8 Å². The van der Waals surface area contributed by atoms with E-state index < -0.39 is 0 Å². The first-order chi connectivity index (χ1) is 12.7. The Morgan fingerprint density at radius 2 is 2.00 bits per heavy atom. The van der Waals surface area contributed by atoms with Gasteiger partial charge in [-0.1, -0.05) is 30.7 Å². The van der Waals surface area contributed by atoms with Crippen LogP contribution in [0.1, 0.15) is 53.3 Å². The standard InChI is InChI=1S/C21H26N4O/c1-24-12-16-6-3-2-5-15(16)11-19(24)21(26)25-10-9-18-17(13-25)20(23-22-18)14-7-4-8-14/h2-3,5-6,14,19H,4,7-13H2,1H3,(H,22,23). The first kappa shape index (κ1) is 16.1. The van der Waals surface area contributed by atoms with Crippen molar-refractivity contribution in [3.63, 3.8) is 0 Å². The highest BCUT2D eigenvalue weighted by atomic mass is 16.2. The number of rotatable bonds is 2. The summed E-state index contributed by atoms with van der Waals surface area (Å²) in [5.41, 5.74) is 6.44. The summed E-state index contributed by atoms with van der Waals surface area (Å²) in [4.78, 5) is 17.6. The number of hydrogen-bond donors (Lipinski definition) is 1. The van der Waals surface area contributed by atoms with Gasteiger partial charge in [-0.25, -0.2) is 0 Å². The minimum atomic E-state index is -0.0505. The van der Waals surface area contributed by atoms with E-state index in [1.807, 2.05) is 0 Å².